The molecule has 0 aliphatic rings. The lowest BCUT2D eigenvalue weighted by Gasteiger charge is -2.20. The van der Waals surface area contributed by atoms with Crippen LogP contribution in [0.1, 0.15) is 16.7 Å². The van der Waals surface area contributed by atoms with Crippen LogP contribution >= 0.6 is 0 Å². The van der Waals surface area contributed by atoms with Crippen LogP contribution in [-0.2, 0) is 6.61 Å². The van der Waals surface area contributed by atoms with Crippen molar-refractivity contribution in [1.29, 1.82) is 0 Å². The van der Waals surface area contributed by atoms with Crippen molar-refractivity contribution in [1.82, 2.24) is 4.98 Å². The van der Waals surface area contributed by atoms with Crippen molar-refractivity contribution >= 4 is 11.5 Å². The topological polar surface area (TPSA) is 36.4 Å². The maximum Gasteiger partial charge on any atom is 0.132 e. The van der Waals surface area contributed by atoms with Crippen molar-refractivity contribution in [2.75, 3.05) is 11.9 Å². The first kappa shape index (κ1) is 12.6. The Morgan fingerprint density at radius 2 is 1.78 bits per heavy atom. The molecule has 1 N–H and O–H groups in total. The Balaban J connectivity index is 2.37. The smallest absolute Gasteiger partial charge is 0.132 e. The normalized spacial score (nSPS) is 10.4. The summed E-state index contributed by atoms with van der Waals surface area (Å²) in [6, 6.07) is 10.1. The molecule has 3 nitrogen and oxygen atoms in total. The first-order valence-corrected chi connectivity index (χ1v) is 5.98. The number of aromatic nitrogens is 1. The number of aliphatic hydroxyl groups is 1. The fraction of sp³-hybridized carbons (Fsp3) is 0.267. The van der Waals surface area contributed by atoms with Crippen LogP contribution in [0.5, 0.6) is 0 Å². The zero-order valence-electron chi connectivity index (χ0n) is 11.0. The van der Waals surface area contributed by atoms with Gasteiger partial charge in [0, 0.05) is 18.9 Å². The summed E-state index contributed by atoms with van der Waals surface area (Å²) in [6.07, 6.45) is 1.72. The zero-order valence-corrected chi connectivity index (χ0v) is 11.0. The number of pyridine rings is 1. The van der Waals surface area contributed by atoms with Gasteiger partial charge in [0.05, 0.1) is 6.61 Å². The minimum absolute atomic E-state index is 0.0379. The van der Waals surface area contributed by atoms with Crippen molar-refractivity contribution in [2.45, 2.75) is 20.5 Å². The van der Waals surface area contributed by atoms with Crippen LogP contribution < -0.4 is 4.90 Å². The Morgan fingerprint density at radius 1 is 1.11 bits per heavy atom. The van der Waals surface area contributed by atoms with E-state index in [9.17, 15) is 0 Å². The lowest BCUT2D eigenvalue weighted by molar-refractivity contribution is 0.282. The highest BCUT2D eigenvalue weighted by atomic mass is 16.3. The SMILES string of the molecule is Cc1cc(C)cc(N(C)c2cc(CO)ccn2)c1. The molecule has 2 aromatic rings. The summed E-state index contributed by atoms with van der Waals surface area (Å²) in [4.78, 5) is 6.36. The standard InChI is InChI=1S/C15H18N2O/c1-11-6-12(2)8-14(7-11)17(3)15-9-13(10-18)4-5-16-15/h4-9,18H,10H2,1-3H3. The molecule has 0 radical (unpaired) electrons. The van der Waals surface area contributed by atoms with Gasteiger partial charge in [0.15, 0.2) is 0 Å². The predicted molar refractivity (Wildman–Crippen MR) is 74.1 cm³/mol. The van der Waals surface area contributed by atoms with E-state index in [0.29, 0.717) is 0 Å². The van der Waals surface area contributed by atoms with E-state index in [2.05, 4.69) is 37.0 Å². The van der Waals surface area contributed by atoms with Gasteiger partial charge in [-0.25, -0.2) is 4.98 Å². The summed E-state index contributed by atoms with van der Waals surface area (Å²) >= 11 is 0. The molecule has 0 unspecified atom stereocenters. The Kier molecular flexibility index (Phi) is 3.63. The summed E-state index contributed by atoms with van der Waals surface area (Å²) in [7, 11) is 1.98. The van der Waals surface area contributed by atoms with Crippen LogP contribution in [0.25, 0.3) is 0 Å². The van der Waals surface area contributed by atoms with Gasteiger partial charge in [-0.1, -0.05) is 6.07 Å². The number of anilines is 2. The largest absolute Gasteiger partial charge is 0.392 e. The van der Waals surface area contributed by atoms with E-state index in [1.54, 1.807) is 6.20 Å². The van der Waals surface area contributed by atoms with Crippen LogP contribution in [0.15, 0.2) is 36.5 Å². The van der Waals surface area contributed by atoms with Crippen molar-refractivity contribution in [2.24, 2.45) is 0 Å². The molecule has 1 aromatic heterocycles. The van der Waals surface area contributed by atoms with E-state index in [4.69, 9.17) is 5.11 Å². The Morgan fingerprint density at radius 3 is 2.39 bits per heavy atom. The Hall–Kier alpha value is -1.87. The molecule has 0 bridgehead atoms. The molecule has 0 spiro atoms. The monoisotopic (exact) mass is 242 g/mol. The van der Waals surface area contributed by atoms with Gasteiger partial charge in [-0.2, -0.15) is 0 Å². The summed E-state index contributed by atoms with van der Waals surface area (Å²) in [5.74, 6) is 0.839. The van der Waals surface area contributed by atoms with Crippen molar-refractivity contribution in [3.05, 3.63) is 53.2 Å². The zero-order chi connectivity index (χ0) is 13.1. The molecule has 0 amide bonds. The Labute approximate surface area is 108 Å². The molecule has 1 heterocycles. The Bertz CT molecular complexity index is 532. The van der Waals surface area contributed by atoms with Crippen LogP contribution in [0.2, 0.25) is 0 Å². The third-order valence-electron chi connectivity index (χ3n) is 2.93. The molecule has 0 saturated heterocycles. The first-order valence-electron chi connectivity index (χ1n) is 5.98. The summed E-state index contributed by atoms with van der Waals surface area (Å²) < 4.78 is 0. The van der Waals surface area contributed by atoms with Crippen molar-refractivity contribution in [3.63, 3.8) is 0 Å². The first-order chi connectivity index (χ1) is 8.60. The fourth-order valence-electron chi connectivity index (χ4n) is 2.02. The molecule has 2 rings (SSSR count). The number of hydrogen-bond donors (Lipinski definition) is 1. The van der Waals surface area contributed by atoms with Crippen molar-refractivity contribution < 1.29 is 5.11 Å². The number of aryl methyl sites for hydroxylation is 2. The summed E-state index contributed by atoms with van der Waals surface area (Å²) in [5, 5.41) is 9.16. The lowest BCUT2D eigenvalue weighted by atomic mass is 10.1. The van der Waals surface area contributed by atoms with Gasteiger partial charge in [-0.3, -0.25) is 0 Å². The molecular formula is C15H18N2O. The number of hydrogen-bond acceptors (Lipinski definition) is 3. The van der Waals surface area contributed by atoms with Gasteiger partial charge in [0.2, 0.25) is 0 Å². The lowest BCUT2D eigenvalue weighted by Crippen LogP contribution is -2.11. The maximum absolute atomic E-state index is 9.16. The third-order valence-corrected chi connectivity index (χ3v) is 2.93. The van der Waals surface area contributed by atoms with Crippen LogP contribution in [-0.4, -0.2) is 17.1 Å². The van der Waals surface area contributed by atoms with Gasteiger partial charge in [-0.15, -0.1) is 0 Å². The summed E-state index contributed by atoms with van der Waals surface area (Å²) in [5.41, 5.74) is 4.44. The van der Waals surface area contributed by atoms with Crippen molar-refractivity contribution in [3.8, 4) is 0 Å². The average molecular weight is 242 g/mol. The van der Waals surface area contributed by atoms with Gasteiger partial charge in [-0.05, 0) is 54.8 Å². The highest BCUT2D eigenvalue weighted by Gasteiger charge is 2.07. The van der Waals surface area contributed by atoms with E-state index in [1.807, 2.05) is 24.1 Å². The second-order valence-corrected chi connectivity index (χ2v) is 4.59. The number of aliphatic hydroxyl groups excluding tert-OH is 1. The average Bonchev–Trinajstić information content (AvgIpc) is 2.37. The molecule has 0 saturated carbocycles. The molecular weight excluding hydrogens is 224 g/mol. The van der Waals surface area contributed by atoms with Gasteiger partial charge >= 0.3 is 0 Å². The van der Waals surface area contributed by atoms with Gasteiger partial charge < -0.3 is 10.0 Å². The number of nitrogens with zero attached hydrogens (tertiary/aromatic N) is 2. The van der Waals surface area contributed by atoms with Gasteiger partial charge in [0.25, 0.3) is 0 Å². The maximum atomic E-state index is 9.16. The molecule has 94 valence electrons. The van der Waals surface area contributed by atoms with Gasteiger partial charge in [0.1, 0.15) is 5.82 Å². The highest BCUT2D eigenvalue weighted by Crippen LogP contribution is 2.24. The molecule has 0 aliphatic carbocycles. The third kappa shape index (κ3) is 2.68. The fourth-order valence-corrected chi connectivity index (χ4v) is 2.02. The number of rotatable bonds is 3. The second-order valence-electron chi connectivity index (χ2n) is 4.59. The van der Waals surface area contributed by atoms with E-state index >= 15 is 0 Å². The minimum Gasteiger partial charge on any atom is -0.392 e. The van der Waals surface area contributed by atoms with E-state index in [-0.39, 0.29) is 6.61 Å². The van der Waals surface area contributed by atoms with Crippen LogP contribution in [0.4, 0.5) is 11.5 Å². The van der Waals surface area contributed by atoms with E-state index in [1.165, 1.54) is 11.1 Å². The highest BCUT2D eigenvalue weighted by molar-refractivity contribution is 5.61. The molecule has 0 aliphatic heterocycles. The molecule has 3 heteroatoms. The van der Waals surface area contributed by atoms with Crippen LogP contribution in [0.3, 0.4) is 0 Å². The second kappa shape index (κ2) is 5.19. The molecule has 0 atom stereocenters. The molecule has 18 heavy (non-hydrogen) atoms. The predicted octanol–water partition coefficient (Wildman–Crippen LogP) is 2.96. The van der Waals surface area contributed by atoms with E-state index in [0.717, 1.165) is 17.1 Å². The number of benzene rings is 1. The van der Waals surface area contributed by atoms with E-state index < -0.39 is 0 Å². The minimum atomic E-state index is 0.0379. The van der Waals surface area contributed by atoms with Crippen LogP contribution in [0, 0.1) is 13.8 Å². The quantitative estimate of drug-likeness (QED) is 0.899. The molecule has 0 fully saturated rings. The summed E-state index contributed by atoms with van der Waals surface area (Å²) in [6.45, 7) is 4.21. The molecule has 1 aromatic carbocycles.